The molecule has 0 aromatic carbocycles. The van der Waals surface area contributed by atoms with Gasteiger partial charge in [-0.05, 0) is 0 Å². The van der Waals surface area contributed by atoms with E-state index in [0.29, 0.717) is 12.3 Å². The fourth-order valence-corrected chi connectivity index (χ4v) is 1.20. The normalized spacial score (nSPS) is 13.6. The molecule has 0 unspecified atom stereocenters. The molecular formula is C6H9ClF3NS. The second-order valence-corrected chi connectivity index (χ2v) is 3.47. The van der Waals surface area contributed by atoms with Crippen LogP contribution in [0.25, 0.3) is 0 Å². The maximum atomic E-state index is 11.7. The number of rotatable bonds is 4. The summed E-state index contributed by atoms with van der Waals surface area (Å²) in [4.78, 5) is 0. The van der Waals surface area contributed by atoms with E-state index in [9.17, 15) is 13.2 Å². The lowest BCUT2D eigenvalue weighted by atomic mass is 10.5. The lowest BCUT2D eigenvalue weighted by Crippen LogP contribution is -2.07. The zero-order chi connectivity index (χ0) is 9.61. The molecule has 0 aromatic heterocycles. The molecule has 0 rings (SSSR count). The van der Waals surface area contributed by atoms with Crippen LogP contribution in [0.3, 0.4) is 0 Å². The molecule has 0 bridgehead atoms. The van der Waals surface area contributed by atoms with Gasteiger partial charge < -0.3 is 5.73 Å². The van der Waals surface area contributed by atoms with E-state index < -0.39 is 11.2 Å². The van der Waals surface area contributed by atoms with Crippen LogP contribution < -0.4 is 5.73 Å². The molecule has 0 fully saturated rings. The van der Waals surface area contributed by atoms with Gasteiger partial charge in [-0.15, -0.1) is 0 Å². The lowest BCUT2D eigenvalue weighted by Gasteiger charge is -2.03. The Bertz CT molecular complexity index is 157. The van der Waals surface area contributed by atoms with E-state index in [-0.39, 0.29) is 5.75 Å². The van der Waals surface area contributed by atoms with Gasteiger partial charge in [-0.2, -0.15) is 24.9 Å². The minimum atomic E-state index is -4.41. The van der Waals surface area contributed by atoms with E-state index in [0.717, 1.165) is 6.08 Å². The van der Waals surface area contributed by atoms with E-state index in [2.05, 4.69) is 0 Å². The number of halogens is 4. The second kappa shape index (κ2) is 5.72. The molecule has 6 heteroatoms. The Hall–Kier alpha value is 0.130. The summed E-state index contributed by atoms with van der Waals surface area (Å²) in [5.74, 6) is 0.883. The van der Waals surface area contributed by atoms with Crippen molar-refractivity contribution in [2.75, 3.05) is 18.1 Å². The summed E-state index contributed by atoms with van der Waals surface area (Å²) in [6.07, 6.45) is -3.47. The van der Waals surface area contributed by atoms with Gasteiger partial charge in [0, 0.05) is 18.1 Å². The molecule has 0 amide bonds. The Morgan fingerprint density at radius 2 is 2.08 bits per heavy atom. The molecular weight excluding hydrogens is 211 g/mol. The SMILES string of the molecule is NCCSCC=C(Cl)C(F)(F)F. The van der Waals surface area contributed by atoms with Crippen molar-refractivity contribution < 1.29 is 13.2 Å². The highest BCUT2D eigenvalue weighted by Gasteiger charge is 2.31. The van der Waals surface area contributed by atoms with E-state index >= 15 is 0 Å². The highest BCUT2D eigenvalue weighted by molar-refractivity contribution is 7.99. The van der Waals surface area contributed by atoms with Crippen LogP contribution in [-0.2, 0) is 0 Å². The van der Waals surface area contributed by atoms with Gasteiger partial charge in [0.15, 0.2) is 0 Å². The summed E-state index contributed by atoms with van der Waals surface area (Å²) in [6.45, 7) is 0.460. The molecule has 2 N–H and O–H groups in total. The molecule has 0 saturated heterocycles. The standard InChI is InChI=1S/C6H9ClF3NS/c7-5(6(8,9)10)1-3-12-4-2-11/h1H,2-4,11H2. The minimum absolute atomic E-state index is 0.246. The van der Waals surface area contributed by atoms with Crippen LogP contribution >= 0.6 is 23.4 Å². The van der Waals surface area contributed by atoms with E-state index in [1.165, 1.54) is 11.8 Å². The molecule has 0 aliphatic heterocycles. The van der Waals surface area contributed by atoms with E-state index in [1.54, 1.807) is 0 Å². The third-order valence-corrected chi connectivity index (χ3v) is 2.21. The van der Waals surface area contributed by atoms with E-state index in [1.807, 2.05) is 0 Å². The Morgan fingerprint density at radius 1 is 1.50 bits per heavy atom. The maximum absolute atomic E-state index is 11.7. The molecule has 12 heavy (non-hydrogen) atoms. The summed E-state index contributed by atoms with van der Waals surface area (Å²) in [6, 6.07) is 0. The van der Waals surface area contributed by atoms with Gasteiger partial charge >= 0.3 is 6.18 Å². The smallest absolute Gasteiger partial charge is 0.330 e. The lowest BCUT2D eigenvalue weighted by molar-refractivity contribution is -0.0846. The number of hydrogen-bond donors (Lipinski definition) is 1. The largest absolute Gasteiger partial charge is 0.426 e. The minimum Gasteiger partial charge on any atom is -0.330 e. The fourth-order valence-electron chi connectivity index (χ4n) is 0.414. The first-order valence-corrected chi connectivity index (χ1v) is 4.72. The third kappa shape index (κ3) is 5.74. The predicted molar refractivity (Wildman–Crippen MR) is 46.4 cm³/mol. The van der Waals surface area contributed by atoms with Gasteiger partial charge in [-0.1, -0.05) is 17.7 Å². The number of nitrogens with two attached hydrogens (primary N) is 1. The van der Waals surface area contributed by atoms with Gasteiger partial charge in [0.05, 0.1) is 0 Å². The zero-order valence-corrected chi connectivity index (χ0v) is 7.77. The van der Waals surface area contributed by atoms with Crippen LogP contribution in [0.15, 0.2) is 11.1 Å². The van der Waals surface area contributed by atoms with Gasteiger partial charge in [-0.3, -0.25) is 0 Å². The van der Waals surface area contributed by atoms with Gasteiger partial charge in [0.1, 0.15) is 5.03 Å². The molecule has 0 spiro atoms. The summed E-state index contributed by atoms with van der Waals surface area (Å²) in [5, 5.41) is -1.06. The molecule has 0 aliphatic carbocycles. The third-order valence-electron chi connectivity index (χ3n) is 0.913. The highest BCUT2D eigenvalue weighted by Crippen LogP contribution is 2.28. The molecule has 0 atom stereocenters. The van der Waals surface area contributed by atoms with Crippen molar-refractivity contribution in [2.24, 2.45) is 5.73 Å². The number of thioether (sulfide) groups is 1. The average Bonchev–Trinajstić information content (AvgIpc) is 1.96. The van der Waals surface area contributed by atoms with Gasteiger partial charge in [0.25, 0.3) is 0 Å². The van der Waals surface area contributed by atoms with Gasteiger partial charge in [0.2, 0.25) is 0 Å². The molecule has 0 aromatic rings. The average molecular weight is 220 g/mol. The zero-order valence-electron chi connectivity index (χ0n) is 6.20. The van der Waals surface area contributed by atoms with Crippen molar-refractivity contribution in [1.82, 2.24) is 0 Å². The summed E-state index contributed by atoms with van der Waals surface area (Å²) in [7, 11) is 0. The highest BCUT2D eigenvalue weighted by atomic mass is 35.5. The monoisotopic (exact) mass is 219 g/mol. The molecule has 0 heterocycles. The number of hydrogen-bond acceptors (Lipinski definition) is 2. The first kappa shape index (κ1) is 12.1. The molecule has 1 nitrogen and oxygen atoms in total. The maximum Gasteiger partial charge on any atom is 0.426 e. The first-order chi connectivity index (χ1) is 5.48. The van der Waals surface area contributed by atoms with Crippen LogP contribution in [-0.4, -0.2) is 24.2 Å². The van der Waals surface area contributed by atoms with Crippen molar-refractivity contribution in [3.63, 3.8) is 0 Å². The van der Waals surface area contributed by atoms with Crippen LogP contribution in [0.1, 0.15) is 0 Å². The summed E-state index contributed by atoms with van der Waals surface area (Å²) in [5.41, 5.74) is 5.13. The molecule has 72 valence electrons. The summed E-state index contributed by atoms with van der Waals surface area (Å²) < 4.78 is 35.2. The van der Waals surface area contributed by atoms with Crippen LogP contribution in [0.4, 0.5) is 13.2 Å². The number of alkyl halides is 3. The van der Waals surface area contributed by atoms with Crippen LogP contribution in [0.2, 0.25) is 0 Å². The van der Waals surface area contributed by atoms with E-state index in [4.69, 9.17) is 17.3 Å². The molecule has 0 radical (unpaired) electrons. The first-order valence-electron chi connectivity index (χ1n) is 3.19. The number of allylic oxidation sites excluding steroid dienone is 1. The van der Waals surface area contributed by atoms with Crippen molar-refractivity contribution in [3.8, 4) is 0 Å². The summed E-state index contributed by atoms with van der Waals surface area (Å²) >= 11 is 6.24. The van der Waals surface area contributed by atoms with Crippen LogP contribution in [0.5, 0.6) is 0 Å². The predicted octanol–water partition coefficient (Wildman–Crippen LogP) is 2.36. The van der Waals surface area contributed by atoms with Crippen LogP contribution in [0, 0.1) is 0 Å². The Morgan fingerprint density at radius 3 is 2.50 bits per heavy atom. The molecule has 0 aliphatic rings. The van der Waals surface area contributed by atoms with Crippen molar-refractivity contribution in [1.29, 1.82) is 0 Å². The quantitative estimate of drug-likeness (QED) is 0.735. The van der Waals surface area contributed by atoms with Gasteiger partial charge in [-0.25, -0.2) is 0 Å². The Kier molecular flexibility index (Phi) is 5.78. The fraction of sp³-hybridized carbons (Fsp3) is 0.667. The topological polar surface area (TPSA) is 26.0 Å². The van der Waals surface area contributed by atoms with Crippen molar-refractivity contribution in [3.05, 3.63) is 11.1 Å². The Labute approximate surface area is 78.1 Å². The van der Waals surface area contributed by atoms with Crippen molar-refractivity contribution in [2.45, 2.75) is 6.18 Å². The Balaban J connectivity index is 3.70. The van der Waals surface area contributed by atoms with Crippen molar-refractivity contribution >= 4 is 23.4 Å². The second-order valence-electron chi connectivity index (χ2n) is 1.91. The molecule has 0 saturated carbocycles.